The zero-order chi connectivity index (χ0) is 20.9. The monoisotopic (exact) mass is 404 g/mol. The number of likely N-dealkylation sites (tertiary alicyclic amines) is 2. The molecule has 0 spiro atoms. The van der Waals surface area contributed by atoms with Gasteiger partial charge < -0.3 is 9.80 Å². The van der Waals surface area contributed by atoms with E-state index in [1.165, 1.54) is 0 Å². The van der Waals surface area contributed by atoms with E-state index >= 15 is 0 Å². The molecule has 0 saturated carbocycles. The molecule has 2 aliphatic rings. The van der Waals surface area contributed by atoms with Crippen molar-refractivity contribution in [1.82, 2.24) is 9.80 Å². The van der Waals surface area contributed by atoms with Crippen molar-refractivity contribution in [1.29, 1.82) is 0 Å². The zero-order valence-electron chi connectivity index (χ0n) is 17.2. The van der Waals surface area contributed by atoms with E-state index in [0.29, 0.717) is 51.9 Å². The molecule has 0 atom stereocenters. The lowest BCUT2D eigenvalue weighted by atomic mass is 9.88. The van der Waals surface area contributed by atoms with E-state index in [1.807, 2.05) is 70.5 Å². The molecule has 2 aromatic carbocycles. The van der Waals surface area contributed by atoms with Crippen LogP contribution in [0.5, 0.6) is 0 Å². The molecule has 2 amide bonds. The normalized spacial score (nSPS) is 18.3. The first kappa shape index (κ1) is 20.3. The van der Waals surface area contributed by atoms with Gasteiger partial charge >= 0.3 is 6.03 Å². The minimum Gasteiger partial charge on any atom is -0.325 e. The Morgan fingerprint density at radius 2 is 0.900 bits per heavy atom. The van der Waals surface area contributed by atoms with Crippen molar-refractivity contribution < 1.29 is 14.4 Å². The SMILES string of the molecule is O=C(c1ccccc1)C1CCN(C(=O)N2CCC(C(=O)c3ccccc3)CC2)CC1. The number of carbonyl (C=O) groups excluding carboxylic acids is 3. The summed E-state index contributed by atoms with van der Waals surface area (Å²) in [6.45, 7) is 2.46. The molecule has 2 aliphatic heterocycles. The second-order valence-electron chi connectivity index (χ2n) is 8.27. The lowest BCUT2D eigenvalue weighted by molar-refractivity contribution is 0.0783. The molecule has 2 saturated heterocycles. The average molecular weight is 405 g/mol. The number of amides is 2. The maximum atomic E-state index is 12.9. The summed E-state index contributed by atoms with van der Waals surface area (Å²) in [7, 11) is 0. The molecule has 2 fully saturated rings. The van der Waals surface area contributed by atoms with Crippen LogP contribution >= 0.6 is 0 Å². The van der Waals surface area contributed by atoms with Crippen molar-refractivity contribution in [3.63, 3.8) is 0 Å². The number of benzene rings is 2. The standard InChI is InChI=1S/C25H28N2O3/c28-23(19-7-3-1-4-8-19)21-11-15-26(16-12-21)25(30)27-17-13-22(14-18-27)24(29)20-9-5-2-6-10-20/h1-10,21-22H,11-18H2. The molecule has 0 aliphatic carbocycles. The van der Waals surface area contributed by atoms with Gasteiger partial charge in [-0.25, -0.2) is 4.79 Å². The zero-order valence-corrected chi connectivity index (χ0v) is 17.2. The average Bonchev–Trinajstić information content (AvgIpc) is 2.84. The van der Waals surface area contributed by atoms with Crippen LogP contribution in [-0.4, -0.2) is 53.6 Å². The molecular weight excluding hydrogens is 376 g/mol. The van der Waals surface area contributed by atoms with E-state index in [9.17, 15) is 14.4 Å². The van der Waals surface area contributed by atoms with Crippen molar-refractivity contribution in [3.05, 3.63) is 71.8 Å². The molecule has 30 heavy (non-hydrogen) atoms. The van der Waals surface area contributed by atoms with Gasteiger partial charge in [-0.2, -0.15) is 0 Å². The highest BCUT2D eigenvalue weighted by atomic mass is 16.2. The van der Waals surface area contributed by atoms with Gasteiger partial charge in [0.25, 0.3) is 0 Å². The third-order valence-electron chi connectivity index (χ3n) is 6.39. The Bertz CT molecular complexity index is 808. The number of rotatable bonds is 4. The van der Waals surface area contributed by atoms with Crippen LogP contribution in [0.3, 0.4) is 0 Å². The molecule has 0 radical (unpaired) electrons. The summed E-state index contributed by atoms with van der Waals surface area (Å²) in [6, 6.07) is 18.9. The Morgan fingerprint density at radius 1 is 0.567 bits per heavy atom. The first-order valence-corrected chi connectivity index (χ1v) is 10.9. The van der Waals surface area contributed by atoms with Gasteiger partial charge in [-0.05, 0) is 25.7 Å². The van der Waals surface area contributed by atoms with Crippen molar-refractivity contribution >= 4 is 17.6 Å². The van der Waals surface area contributed by atoms with Gasteiger partial charge in [0.15, 0.2) is 11.6 Å². The largest absolute Gasteiger partial charge is 0.325 e. The summed E-state index contributed by atoms with van der Waals surface area (Å²) in [5.41, 5.74) is 1.51. The van der Waals surface area contributed by atoms with Crippen LogP contribution in [0.25, 0.3) is 0 Å². The highest BCUT2D eigenvalue weighted by molar-refractivity contribution is 5.98. The third-order valence-corrected chi connectivity index (χ3v) is 6.39. The summed E-state index contributed by atoms with van der Waals surface area (Å²) in [6.07, 6.45) is 2.84. The third kappa shape index (κ3) is 4.45. The summed E-state index contributed by atoms with van der Waals surface area (Å²) in [5.74, 6) is 0.349. The fraction of sp³-hybridized carbons (Fsp3) is 0.400. The number of piperidine rings is 2. The number of urea groups is 1. The Hall–Kier alpha value is -2.95. The molecule has 0 aromatic heterocycles. The number of nitrogens with zero attached hydrogens (tertiary/aromatic N) is 2. The lowest BCUT2D eigenvalue weighted by Crippen LogP contribution is -2.50. The van der Waals surface area contributed by atoms with Crippen LogP contribution in [0.15, 0.2) is 60.7 Å². The number of hydrogen-bond donors (Lipinski definition) is 0. The smallest absolute Gasteiger partial charge is 0.319 e. The number of Topliss-reactive ketones (excluding diaryl/α,β-unsaturated/α-hetero) is 2. The fourth-order valence-electron chi connectivity index (χ4n) is 4.54. The maximum Gasteiger partial charge on any atom is 0.319 e. The Morgan fingerprint density at radius 3 is 1.23 bits per heavy atom. The number of ketones is 2. The van der Waals surface area contributed by atoms with Crippen LogP contribution in [0, 0.1) is 11.8 Å². The highest BCUT2D eigenvalue weighted by Gasteiger charge is 2.33. The fourth-order valence-corrected chi connectivity index (χ4v) is 4.54. The molecule has 5 nitrogen and oxygen atoms in total. The first-order valence-electron chi connectivity index (χ1n) is 10.9. The number of carbonyl (C=O) groups is 3. The van der Waals surface area contributed by atoms with Gasteiger partial charge in [0.1, 0.15) is 0 Å². The number of hydrogen-bond acceptors (Lipinski definition) is 3. The molecule has 156 valence electrons. The molecule has 0 N–H and O–H groups in total. The summed E-state index contributed by atoms with van der Waals surface area (Å²) < 4.78 is 0. The van der Waals surface area contributed by atoms with Gasteiger partial charge in [-0.15, -0.1) is 0 Å². The second-order valence-corrected chi connectivity index (χ2v) is 8.27. The van der Waals surface area contributed by atoms with Crippen molar-refractivity contribution in [2.24, 2.45) is 11.8 Å². The molecule has 4 rings (SSSR count). The van der Waals surface area contributed by atoms with Crippen LogP contribution in [0.4, 0.5) is 4.79 Å². The van der Waals surface area contributed by atoms with Gasteiger partial charge in [-0.3, -0.25) is 9.59 Å². The van der Waals surface area contributed by atoms with Crippen molar-refractivity contribution in [2.45, 2.75) is 25.7 Å². The minimum absolute atomic E-state index is 0.00863. The van der Waals surface area contributed by atoms with Crippen molar-refractivity contribution in [3.8, 4) is 0 Å². The predicted octanol–water partition coefficient (Wildman–Crippen LogP) is 4.30. The molecule has 5 heteroatoms. The van der Waals surface area contributed by atoms with E-state index in [2.05, 4.69) is 0 Å². The topological polar surface area (TPSA) is 57.7 Å². The molecular formula is C25H28N2O3. The van der Waals surface area contributed by atoms with Crippen molar-refractivity contribution in [2.75, 3.05) is 26.2 Å². The Balaban J connectivity index is 1.26. The van der Waals surface area contributed by atoms with Crippen LogP contribution < -0.4 is 0 Å². The molecule has 2 heterocycles. The van der Waals surface area contributed by atoms with Gasteiger partial charge in [0.2, 0.25) is 0 Å². The molecule has 0 bridgehead atoms. The van der Waals surface area contributed by atoms with E-state index in [-0.39, 0.29) is 29.4 Å². The molecule has 2 aromatic rings. The quantitative estimate of drug-likeness (QED) is 0.714. The summed E-state index contributed by atoms with van der Waals surface area (Å²) >= 11 is 0. The first-order chi connectivity index (χ1) is 14.6. The summed E-state index contributed by atoms with van der Waals surface area (Å²) in [4.78, 5) is 42.0. The van der Waals surface area contributed by atoms with Gasteiger partial charge in [0.05, 0.1) is 0 Å². The van der Waals surface area contributed by atoms with E-state index < -0.39 is 0 Å². The Kier molecular flexibility index (Phi) is 6.26. The Labute approximate surface area is 177 Å². The van der Waals surface area contributed by atoms with Crippen LogP contribution in [0.2, 0.25) is 0 Å². The minimum atomic E-state index is -0.00863. The predicted molar refractivity (Wildman–Crippen MR) is 116 cm³/mol. The van der Waals surface area contributed by atoms with E-state index in [1.54, 1.807) is 0 Å². The van der Waals surface area contributed by atoms with Gasteiger partial charge in [0, 0.05) is 49.1 Å². The highest BCUT2D eigenvalue weighted by Crippen LogP contribution is 2.25. The maximum absolute atomic E-state index is 12.9. The van der Waals surface area contributed by atoms with Crippen LogP contribution in [-0.2, 0) is 0 Å². The summed E-state index contributed by atoms with van der Waals surface area (Å²) in [5, 5.41) is 0. The molecule has 0 unspecified atom stereocenters. The lowest BCUT2D eigenvalue weighted by Gasteiger charge is -2.38. The van der Waals surface area contributed by atoms with E-state index in [4.69, 9.17) is 0 Å². The second kappa shape index (κ2) is 9.24. The van der Waals surface area contributed by atoms with Gasteiger partial charge in [-0.1, -0.05) is 60.7 Å². The van der Waals surface area contributed by atoms with E-state index in [0.717, 1.165) is 11.1 Å². The van der Waals surface area contributed by atoms with Crippen LogP contribution in [0.1, 0.15) is 46.4 Å².